The molecule has 1 aromatic heterocycles. The SMILES string of the molecule is OC(CNCC1CCSC1)COc1cnsn1. The van der Waals surface area contributed by atoms with Crippen molar-refractivity contribution in [2.45, 2.75) is 12.5 Å². The molecule has 96 valence electrons. The highest BCUT2D eigenvalue weighted by molar-refractivity contribution is 7.99. The van der Waals surface area contributed by atoms with E-state index in [2.05, 4.69) is 14.1 Å². The van der Waals surface area contributed by atoms with E-state index in [1.165, 1.54) is 17.9 Å². The highest BCUT2D eigenvalue weighted by Crippen LogP contribution is 2.22. The monoisotopic (exact) mass is 275 g/mol. The summed E-state index contributed by atoms with van der Waals surface area (Å²) in [6.07, 6.45) is 2.35. The van der Waals surface area contributed by atoms with Crippen molar-refractivity contribution in [3.05, 3.63) is 6.20 Å². The summed E-state index contributed by atoms with van der Waals surface area (Å²) in [5, 5.41) is 13.0. The van der Waals surface area contributed by atoms with Crippen molar-refractivity contribution in [1.29, 1.82) is 0 Å². The van der Waals surface area contributed by atoms with Gasteiger partial charge in [0, 0.05) is 6.54 Å². The van der Waals surface area contributed by atoms with Gasteiger partial charge in [0.1, 0.15) is 18.9 Å². The molecule has 2 N–H and O–H groups in total. The number of thioether (sulfide) groups is 1. The van der Waals surface area contributed by atoms with Gasteiger partial charge in [0.25, 0.3) is 0 Å². The molecule has 2 atom stereocenters. The van der Waals surface area contributed by atoms with Crippen molar-refractivity contribution >= 4 is 23.5 Å². The summed E-state index contributed by atoms with van der Waals surface area (Å²) in [4.78, 5) is 0. The molecule has 0 aromatic carbocycles. The van der Waals surface area contributed by atoms with Crippen LogP contribution in [0.3, 0.4) is 0 Å². The zero-order valence-corrected chi connectivity index (χ0v) is 11.2. The van der Waals surface area contributed by atoms with Gasteiger partial charge in [-0.25, -0.2) is 0 Å². The van der Waals surface area contributed by atoms with Gasteiger partial charge < -0.3 is 15.2 Å². The quantitative estimate of drug-likeness (QED) is 0.760. The van der Waals surface area contributed by atoms with E-state index in [1.54, 1.807) is 6.20 Å². The second-order valence-corrected chi connectivity index (χ2v) is 5.80. The fourth-order valence-electron chi connectivity index (χ4n) is 1.66. The second-order valence-electron chi connectivity index (χ2n) is 4.10. The molecule has 1 saturated heterocycles. The molecule has 1 aliphatic heterocycles. The van der Waals surface area contributed by atoms with Crippen LogP contribution >= 0.6 is 23.5 Å². The first-order valence-electron chi connectivity index (χ1n) is 5.71. The van der Waals surface area contributed by atoms with Gasteiger partial charge in [-0.05, 0) is 30.4 Å². The lowest BCUT2D eigenvalue weighted by atomic mass is 10.1. The topological polar surface area (TPSA) is 67.3 Å². The zero-order valence-electron chi connectivity index (χ0n) is 9.54. The van der Waals surface area contributed by atoms with Crippen LogP contribution in [-0.2, 0) is 0 Å². The minimum atomic E-state index is -0.495. The summed E-state index contributed by atoms with van der Waals surface area (Å²) in [6, 6.07) is 0. The largest absolute Gasteiger partial charge is 0.473 e. The smallest absolute Gasteiger partial charge is 0.245 e. The Kier molecular flexibility index (Phi) is 5.50. The molecule has 1 aliphatic rings. The van der Waals surface area contributed by atoms with Crippen LogP contribution in [0.2, 0.25) is 0 Å². The van der Waals surface area contributed by atoms with Crippen LogP contribution in [0.15, 0.2) is 6.20 Å². The van der Waals surface area contributed by atoms with Gasteiger partial charge in [-0.3, -0.25) is 0 Å². The number of rotatable bonds is 7. The van der Waals surface area contributed by atoms with Crippen LogP contribution < -0.4 is 10.1 Å². The maximum Gasteiger partial charge on any atom is 0.245 e. The van der Waals surface area contributed by atoms with Crippen molar-refractivity contribution < 1.29 is 9.84 Å². The Labute approximate surface area is 109 Å². The number of hydrogen-bond donors (Lipinski definition) is 2. The Bertz CT molecular complexity index is 305. The van der Waals surface area contributed by atoms with Crippen LogP contribution in [0.25, 0.3) is 0 Å². The summed E-state index contributed by atoms with van der Waals surface area (Å²) in [5.41, 5.74) is 0. The molecule has 0 aliphatic carbocycles. The van der Waals surface area contributed by atoms with Gasteiger partial charge >= 0.3 is 0 Å². The molecular formula is C10H17N3O2S2. The third kappa shape index (κ3) is 4.79. The molecule has 0 spiro atoms. The summed E-state index contributed by atoms with van der Waals surface area (Å²) in [7, 11) is 0. The van der Waals surface area contributed by atoms with Crippen molar-refractivity contribution in [1.82, 2.24) is 14.1 Å². The van der Waals surface area contributed by atoms with Crippen molar-refractivity contribution in [3.63, 3.8) is 0 Å². The Morgan fingerprint density at radius 3 is 3.29 bits per heavy atom. The van der Waals surface area contributed by atoms with E-state index >= 15 is 0 Å². The van der Waals surface area contributed by atoms with E-state index in [9.17, 15) is 5.11 Å². The Morgan fingerprint density at radius 1 is 1.65 bits per heavy atom. The van der Waals surface area contributed by atoms with Gasteiger partial charge in [0.2, 0.25) is 5.88 Å². The van der Waals surface area contributed by atoms with E-state index < -0.39 is 6.10 Å². The Balaban J connectivity index is 1.52. The number of hydrogen-bond acceptors (Lipinski definition) is 7. The molecule has 0 bridgehead atoms. The summed E-state index contributed by atoms with van der Waals surface area (Å²) >= 11 is 3.11. The minimum Gasteiger partial charge on any atom is -0.473 e. The molecule has 1 fully saturated rings. The standard InChI is InChI=1S/C10H17N3O2S2/c14-9(6-15-10-5-12-17-13-10)4-11-3-8-1-2-16-7-8/h5,8-9,11,14H,1-4,6-7H2. The highest BCUT2D eigenvalue weighted by atomic mass is 32.2. The number of aliphatic hydroxyl groups is 1. The normalized spacial score (nSPS) is 21.6. The molecule has 17 heavy (non-hydrogen) atoms. The average molecular weight is 275 g/mol. The van der Waals surface area contributed by atoms with Crippen LogP contribution in [0.5, 0.6) is 5.88 Å². The van der Waals surface area contributed by atoms with Gasteiger partial charge in [-0.1, -0.05) is 0 Å². The van der Waals surface area contributed by atoms with Gasteiger partial charge in [-0.2, -0.15) is 16.1 Å². The predicted molar refractivity (Wildman–Crippen MR) is 69.7 cm³/mol. The third-order valence-corrected chi connectivity index (χ3v) is 4.29. The van der Waals surface area contributed by atoms with Gasteiger partial charge in [-0.15, -0.1) is 4.37 Å². The lowest BCUT2D eigenvalue weighted by Crippen LogP contribution is -2.34. The molecule has 0 amide bonds. The molecule has 2 unspecified atom stereocenters. The first-order chi connectivity index (χ1) is 8.34. The van der Waals surface area contributed by atoms with Crippen LogP contribution in [0.4, 0.5) is 0 Å². The zero-order chi connectivity index (χ0) is 11.9. The first kappa shape index (κ1) is 13.1. The van der Waals surface area contributed by atoms with Crippen LogP contribution in [-0.4, -0.2) is 51.2 Å². The average Bonchev–Trinajstić information content (AvgIpc) is 2.99. The molecule has 0 radical (unpaired) electrons. The fourth-order valence-corrected chi connectivity index (χ4v) is 3.31. The van der Waals surface area contributed by atoms with E-state index in [0.717, 1.165) is 24.2 Å². The van der Waals surface area contributed by atoms with E-state index in [1.807, 2.05) is 11.8 Å². The predicted octanol–water partition coefficient (Wildman–Crippen LogP) is 0.621. The fraction of sp³-hybridized carbons (Fsp3) is 0.800. The molecule has 5 nitrogen and oxygen atoms in total. The molecular weight excluding hydrogens is 258 g/mol. The Hall–Kier alpha value is -0.370. The molecule has 2 rings (SSSR count). The number of aromatic nitrogens is 2. The van der Waals surface area contributed by atoms with Crippen LogP contribution in [0.1, 0.15) is 6.42 Å². The van der Waals surface area contributed by atoms with Crippen molar-refractivity contribution in [3.8, 4) is 5.88 Å². The summed E-state index contributed by atoms with van der Waals surface area (Å²) < 4.78 is 13.0. The lowest BCUT2D eigenvalue weighted by molar-refractivity contribution is 0.104. The summed E-state index contributed by atoms with van der Waals surface area (Å²) in [6.45, 7) is 1.82. The minimum absolute atomic E-state index is 0.262. The van der Waals surface area contributed by atoms with Crippen molar-refractivity contribution in [2.24, 2.45) is 5.92 Å². The van der Waals surface area contributed by atoms with Crippen molar-refractivity contribution in [2.75, 3.05) is 31.2 Å². The molecule has 0 saturated carbocycles. The molecule has 2 heterocycles. The number of ether oxygens (including phenoxy) is 1. The maximum absolute atomic E-state index is 9.68. The van der Waals surface area contributed by atoms with Gasteiger partial charge in [0.05, 0.1) is 11.7 Å². The number of nitrogens with zero attached hydrogens (tertiary/aromatic N) is 2. The van der Waals surface area contributed by atoms with Crippen LogP contribution in [0, 0.1) is 5.92 Å². The lowest BCUT2D eigenvalue weighted by Gasteiger charge is -2.14. The first-order valence-corrected chi connectivity index (χ1v) is 7.60. The molecule has 1 aromatic rings. The van der Waals surface area contributed by atoms with E-state index in [-0.39, 0.29) is 6.61 Å². The molecule has 7 heteroatoms. The van der Waals surface area contributed by atoms with Gasteiger partial charge in [0.15, 0.2) is 0 Å². The summed E-state index contributed by atoms with van der Waals surface area (Å²) in [5.74, 6) is 3.76. The second kappa shape index (κ2) is 7.15. The number of nitrogens with one attached hydrogen (secondary N) is 1. The highest BCUT2D eigenvalue weighted by Gasteiger charge is 2.15. The third-order valence-electron chi connectivity index (χ3n) is 2.60. The Morgan fingerprint density at radius 2 is 2.59 bits per heavy atom. The van der Waals surface area contributed by atoms with E-state index in [4.69, 9.17) is 4.74 Å². The maximum atomic E-state index is 9.68. The van der Waals surface area contributed by atoms with E-state index in [0.29, 0.717) is 12.4 Å². The number of aliphatic hydroxyl groups excluding tert-OH is 1.